The predicted molar refractivity (Wildman–Crippen MR) is 143 cm³/mol. The van der Waals surface area contributed by atoms with Gasteiger partial charge >= 0.3 is 5.97 Å². The highest BCUT2D eigenvalue weighted by molar-refractivity contribution is 7.80. The molecule has 1 aliphatic rings. The van der Waals surface area contributed by atoms with Crippen molar-refractivity contribution in [3.8, 4) is 0 Å². The lowest BCUT2D eigenvalue weighted by Gasteiger charge is -2.37. The molecule has 3 aromatic rings. The van der Waals surface area contributed by atoms with Gasteiger partial charge in [0.2, 0.25) is 0 Å². The number of hydrogen-bond acceptors (Lipinski definition) is 4. The molecule has 0 spiro atoms. The Morgan fingerprint density at radius 2 is 1.74 bits per heavy atom. The van der Waals surface area contributed by atoms with Crippen LogP contribution in [0.15, 0.2) is 78.0 Å². The van der Waals surface area contributed by atoms with Crippen LogP contribution in [0.4, 0.5) is 5.69 Å². The van der Waals surface area contributed by atoms with Crippen LogP contribution < -0.4 is 10.6 Å². The van der Waals surface area contributed by atoms with Gasteiger partial charge in [-0.25, -0.2) is 4.79 Å². The molecule has 6 nitrogen and oxygen atoms in total. The van der Waals surface area contributed by atoms with E-state index < -0.39 is 6.04 Å². The summed E-state index contributed by atoms with van der Waals surface area (Å²) < 4.78 is 5.54. The first-order valence-corrected chi connectivity index (χ1v) is 12.1. The Hall–Kier alpha value is -3.71. The van der Waals surface area contributed by atoms with Crippen molar-refractivity contribution >= 4 is 45.7 Å². The monoisotopic (exact) mass is 487 g/mol. The van der Waals surface area contributed by atoms with Crippen LogP contribution in [-0.2, 0) is 9.53 Å². The van der Waals surface area contributed by atoms with Gasteiger partial charge in [0, 0.05) is 23.5 Å². The first-order chi connectivity index (χ1) is 16.8. The zero-order valence-electron chi connectivity index (χ0n) is 20.3. The molecular formula is C28H29N3O3S. The van der Waals surface area contributed by atoms with E-state index in [2.05, 4.69) is 10.6 Å². The van der Waals surface area contributed by atoms with Gasteiger partial charge < -0.3 is 20.3 Å². The highest BCUT2D eigenvalue weighted by Gasteiger charge is 2.34. The average molecular weight is 488 g/mol. The maximum atomic E-state index is 13.0. The number of allylic oxidation sites excluding steroid dienone is 1. The van der Waals surface area contributed by atoms with Crippen molar-refractivity contribution in [2.75, 3.05) is 11.9 Å². The molecule has 1 aliphatic heterocycles. The zero-order chi connectivity index (χ0) is 25.1. The number of carbonyl (C=O) groups is 2. The number of esters is 1. The van der Waals surface area contributed by atoms with E-state index >= 15 is 0 Å². The fourth-order valence-electron chi connectivity index (χ4n) is 4.33. The first kappa shape index (κ1) is 24.4. The number of carbonyl (C=O) groups excluding carboxylic acids is 2. The molecule has 2 N–H and O–H groups in total. The highest BCUT2D eigenvalue weighted by atomic mass is 32.1. The summed E-state index contributed by atoms with van der Waals surface area (Å²) in [6.45, 7) is 8.17. The molecule has 1 heterocycles. The number of rotatable bonds is 6. The summed E-state index contributed by atoms with van der Waals surface area (Å²) in [5, 5.41) is 8.74. The van der Waals surface area contributed by atoms with Crippen LogP contribution >= 0.6 is 12.2 Å². The summed E-state index contributed by atoms with van der Waals surface area (Å²) >= 11 is 5.55. The lowest BCUT2D eigenvalue weighted by molar-refractivity contribution is -0.143. The molecule has 0 aliphatic carbocycles. The largest absolute Gasteiger partial charge is 0.459 e. The Morgan fingerprint density at radius 3 is 2.43 bits per heavy atom. The van der Waals surface area contributed by atoms with Gasteiger partial charge in [-0.15, -0.1) is 0 Å². The second-order valence-corrected chi connectivity index (χ2v) is 9.07. The number of nitrogens with one attached hydrogen (secondary N) is 2. The third-order valence-electron chi connectivity index (χ3n) is 6.01. The second kappa shape index (κ2) is 10.3. The highest BCUT2D eigenvalue weighted by Crippen LogP contribution is 2.32. The summed E-state index contributed by atoms with van der Waals surface area (Å²) in [4.78, 5) is 27.9. The number of nitrogens with zero attached hydrogens (tertiary/aromatic N) is 1. The van der Waals surface area contributed by atoms with Crippen molar-refractivity contribution in [1.82, 2.24) is 10.2 Å². The van der Waals surface area contributed by atoms with E-state index in [1.165, 1.54) is 0 Å². The zero-order valence-corrected chi connectivity index (χ0v) is 21.1. The molecule has 35 heavy (non-hydrogen) atoms. The SMILES string of the molecule is CCN1C(=S)NC(c2ccc(NC(=O)c3cccc4ccccc34)cc2)C(C(=O)OC(C)C)=C1C. The van der Waals surface area contributed by atoms with Gasteiger partial charge in [-0.2, -0.15) is 0 Å². The van der Waals surface area contributed by atoms with Gasteiger partial charge in [0.05, 0.1) is 17.7 Å². The smallest absolute Gasteiger partial charge is 0.338 e. The standard InChI is InChI=1S/C28H29N3O3S/c1-5-31-18(4)24(27(33)34-17(2)3)25(30-28(31)35)20-13-15-21(16-14-20)29-26(32)23-12-8-10-19-9-6-7-11-22(19)23/h6-17,25H,5H2,1-4H3,(H,29,32)(H,30,35). The Labute approximate surface area is 211 Å². The fraction of sp³-hybridized carbons (Fsp3) is 0.250. The van der Waals surface area contributed by atoms with E-state index in [0.717, 1.165) is 22.0 Å². The van der Waals surface area contributed by atoms with Gasteiger partial charge in [-0.1, -0.05) is 48.5 Å². The molecule has 0 saturated carbocycles. The Kier molecular flexibility index (Phi) is 7.17. The van der Waals surface area contributed by atoms with Gasteiger partial charge in [0.1, 0.15) is 0 Å². The minimum Gasteiger partial charge on any atom is -0.459 e. The maximum Gasteiger partial charge on any atom is 0.338 e. The van der Waals surface area contributed by atoms with Crippen LogP contribution in [-0.4, -0.2) is 34.5 Å². The van der Waals surface area contributed by atoms with Gasteiger partial charge in [0.25, 0.3) is 5.91 Å². The normalized spacial score (nSPS) is 15.9. The van der Waals surface area contributed by atoms with Gasteiger partial charge in [-0.3, -0.25) is 4.79 Å². The molecule has 1 amide bonds. The molecule has 0 aromatic heterocycles. The van der Waals surface area contributed by atoms with Crippen molar-refractivity contribution in [3.63, 3.8) is 0 Å². The van der Waals surface area contributed by atoms with Gasteiger partial charge in [0.15, 0.2) is 5.11 Å². The average Bonchev–Trinajstić information content (AvgIpc) is 2.83. The van der Waals surface area contributed by atoms with E-state index in [1.54, 1.807) is 0 Å². The summed E-state index contributed by atoms with van der Waals surface area (Å²) in [6.07, 6.45) is -0.237. The van der Waals surface area contributed by atoms with E-state index in [0.29, 0.717) is 28.5 Å². The second-order valence-electron chi connectivity index (χ2n) is 8.68. The molecule has 0 fully saturated rings. The molecule has 3 aromatic carbocycles. The Morgan fingerprint density at radius 1 is 1.06 bits per heavy atom. The summed E-state index contributed by atoms with van der Waals surface area (Å²) in [6, 6.07) is 20.5. The molecule has 0 radical (unpaired) electrons. The number of anilines is 1. The van der Waals surface area contributed by atoms with E-state index in [4.69, 9.17) is 17.0 Å². The molecule has 0 bridgehead atoms. The Bertz CT molecular complexity index is 1310. The lowest BCUT2D eigenvalue weighted by atomic mass is 9.94. The molecule has 180 valence electrons. The number of hydrogen-bond donors (Lipinski definition) is 2. The van der Waals surface area contributed by atoms with E-state index in [1.807, 2.05) is 99.3 Å². The van der Waals surface area contributed by atoms with E-state index in [-0.39, 0.29) is 18.0 Å². The third-order valence-corrected chi connectivity index (χ3v) is 6.35. The summed E-state index contributed by atoms with van der Waals surface area (Å²) in [5.41, 5.74) is 3.43. The third kappa shape index (κ3) is 5.05. The molecule has 1 atom stereocenters. The fourth-order valence-corrected chi connectivity index (χ4v) is 4.72. The molecule has 0 saturated heterocycles. The van der Waals surface area contributed by atoms with Crippen molar-refractivity contribution in [3.05, 3.63) is 89.1 Å². The predicted octanol–water partition coefficient (Wildman–Crippen LogP) is 5.57. The first-order valence-electron chi connectivity index (χ1n) is 11.7. The van der Waals surface area contributed by atoms with Crippen LogP contribution in [0.3, 0.4) is 0 Å². The summed E-state index contributed by atoms with van der Waals surface area (Å²) in [5.74, 6) is -0.550. The van der Waals surface area contributed by atoms with Crippen LogP contribution in [0.2, 0.25) is 0 Å². The number of thiocarbonyl (C=S) groups is 1. The quantitative estimate of drug-likeness (QED) is 0.350. The lowest BCUT2D eigenvalue weighted by Crippen LogP contribution is -2.47. The molecule has 7 heteroatoms. The van der Waals surface area contributed by atoms with E-state index in [9.17, 15) is 9.59 Å². The minimum absolute atomic E-state index is 0.179. The van der Waals surface area contributed by atoms with Crippen molar-refractivity contribution in [2.45, 2.75) is 39.8 Å². The molecule has 1 unspecified atom stereocenters. The van der Waals surface area contributed by atoms with Crippen LogP contribution in [0.25, 0.3) is 10.8 Å². The Balaban J connectivity index is 1.60. The van der Waals surface area contributed by atoms with Crippen LogP contribution in [0.1, 0.15) is 49.7 Å². The molecular weight excluding hydrogens is 458 g/mol. The van der Waals surface area contributed by atoms with Crippen molar-refractivity contribution in [2.24, 2.45) is 0 Å². The molecule has 4 rings (SSSR count). The maximum absolute atomic E-state index is 13.0. The van der Waals surface area contributed by atoms with Crippen molar-refractivity contribution in [1.29, 1.82) is 0 Å². The van der Waals surface area contributed by atoms with Crippen LogP contribution in [0.5, 0.6) is 0 Å². The number of fused-ring (bicyclic) bond motifs is 1. The summed E-state index contributed by atoms with van der Waals surface area (Å²) in [7, 11) is 0. The number of amides is 1. The minimum atomic E-state index is -0.445. The number of ether oxygens (including phenoxy) is 1. The van der Waals surface area contributed by atoms with Crippen LogP contribution in [0, 0.1) is 0 Å². The van der Waals surface area contributed by atoms with Crippen molar-refractivity contribution < 1.29 is 14.3 Å². The topological polar surface area (TPSA) is 70.7 Å². The number of benzene rings is 3. The van der Waals surface area contributed by atoms with Gasteiger partial charge in [-0.05, 0) is 74.4 Å².